The number of aliphatic hydroxyl groups excluding tert-OH is 1. The summed E-state index contributed by atoms with van der Waals surface area (Å²) < 4.78 is 63.3. The van der Waals surface area contributed by atoms with Crippen LogP contribution in [0, 0.1) is 5.92 Å². The van der Waals surface area contributed by atoms with Gasteiger partial charge in [0.15, 0.2) is 0 Å². The minimum Gasteiger partial charge on any atom is -0.388 e. The second-order valence-corrected chi connectivity index (χ2v) is 5.26. The molecular formula is C14H15F5O. The van der Waals surface area contributed by atoms with Crippen LogP contribution in [0.2, 0.25) is 0 Å². The van der Waals surface area contributed by atoms with Crippen molar-refractivity contribution in [2.24, 2.45) is 5.92 Å². The molecule has 20 heavy (non-hydrogen) atoms. The van der Waals surface area contributed by atoms with Gasteiger partial charge in [-0.05, 0) is 36.5 Å². The van der Waals surface area contributed by atoms with Gasteiger partial charge in [0.2, 0.25) is 5.92 Å². The molecular weight excluding hydrogens is 279 g/mol. The van der Waals surface area contributed by atoms with Crippen LogP contribution in [0.3, 0.4) is 0 Å². The molecule has 2 rings (SSSR count). The Labute approximate surface area is 113 Å². The van der Waals surface area contributed by atoms with Crippen LogP contribution >= 0.6 is 0 Å². The third-order valence-electron chi connectivity index (χ3n) is 3.79. The highest BCUT2D eigenvalue weighted by Crippen LogP contribution is 2.41. The smallest absolute Gasteiger partial charge is 0.388 e. The zero-order valence-electron chi connectivity index (χ0n) is 10.6. The molecule has 0 aromatic heterocycles. The van der Waals surface area contributed by atoms with Gasteiger partial charge in [0.1, 0.15) is 0 Å². The van der Waals surface area contributed by atoms with Crippen LogP contribution in [0.4, 0.5) is 22.0 Å². The Hall–Kier alpha value is -1.17. The van der Waals surface area contributed by atoms with E-state index in [9.17, 15) is 27.1 Å². The fourth-order valence-corrected chi connectivity index (χ4v) is 2.52. The Bertz CT molecular complexity index is 442. The number of halogens is 5. The predicted octanol–water partition coefficient (Wildman–Crippen LogP) is 4.56. The number of alkyl halides is 5. The van der Waals surface area contributed by atoms with Crippen LogP contribution in [0.25, 0.3) is 0 Å². The van der Waals surface area contributed by atoms with Crippen molar-refractivity contribution in [3.8, 4) is 0 Å². The van der Waals surface area contributed by atoms with Gasteiger partial charge in [-0.15, -0.1) is 0 Å². The van der Waals surface area contributed by atoms with Crippen molar-refractivity contribution in [2.75, 3.05) is 0 Å². The summed E-state index contributed by atoms with van der Waals surface area (Å²) >= 11 is 0. The van der Waals surface area contributed by atoms with E-state index >= 15 is 0 Å². The Balaban J connectivity index is 2.05. The highest BCUT2D eigenvalue weighted by Gasteiger charge is 2.37. The maximum atomic E-state index is 13.0. The van der Waals surface area contributed by atoms with Crippen molar-refractivity contribution in [2.45, 2.75) is 43.9 Å². The van der Waals surface area contributed by atoms with E-state index < -0.39 is 23.8 Å². The van der Waals surface area contributed by atoms with Gasteiger partial charge in [-0.3, -0.25) is 0 Å². The van der Waals surface area contributed by atoms with Crippen LogP contribution in [-0.4, -0.2) is 11.0 Å². The minimum absolute atomic E-state index is 0.176. The first-order valence-corrected chi connectivity index (χ1v) is 6.42. The van der Waals surface area contributed by atoms with E-state index in [1.807, 2.05) is 0 Å². The molecule has 0 saturated heterocycles. The highest BCUT2D eigenvalue weighted by atomic mass is 19.4. The summed E-state index contributed by atoms with van der Waals surface area (Å²) in [6, 6.07) is 4.21. The van der Waals surface area contributed by atoms with Crippen LogP contribution in [0.15, 0.2) is 24.3 Å². The van der Waals surface area contributed by atoms with Gasteiger partial charge in [-0.1, -0.05) is 12.1 Å². The van der Waals surface area contributed by atoms with E-state index in [0.717, 1.165) is 12.1 Å². The molecule has 0 bridgehead atoms. The fourth-order valence-electron chi connectivity index (χ4n) is 2.52. The molecule has 1 unspecified atom stereocenters. The number of hydrogen-bond acceptors (Lipinski definition) is 1. The maximum absolute atomic E-state index is 13.0. The topological polar surface area (TPSA) is 20.2 Å². The SMILES string of the molecule is OC(c1ccc(C(F)(F)F)cc1)C1CCC(F)(F)CC1. The summed E-state index contributed by atoms with van der Waals surface area (Å²) in [6.45, 7) is 0. The van der Waals surface area contributed by atoms with Crippen LogP contribution < -0.4 is 0 Å². The van der Waals surface area contributed by atoms with Crippen molar-refractivity contribution in [1.82, 2.24) is 0 Å². The van der Waals surface area contributed by atoms with Gasteiger partial charge in [-0.25, -0.2) is 8.78 Å². The van der Waals surface area contributed by atoms with E-state index in [1.54, 1.807) is 0 Å². The first kappa shape index (κ1) is 15.2. The zero-order valence-corrected chi connectivity index (χ0v) is 10.6. The molecule has 0 radical (unpaired) electrons. The molecule has 1 aromatic carbocycles. The second-order valence-electron chi connectivity index (χ2n) is 5.26. The van der Waals surface area contributed by atoms with Gasteiger partial charge in [0.05, 0.1) is 11.7 Å². The Morgan fingerprint density at radius 1 is 1.05 bits per heavy atom. The largest absolute Gasteiger partial charge is 0.416 e. The molecule has 1 aromatic rings. The standard InChI is InChI=1S/C14H15F5O/c15-13(16)7-5-10(6-8-13)12(20)9-1-3-11(4-2-9)14(17,18)19/h1-4,10,12,20H,5-8H2. The molecule has 0 aliphatic heterocycles. The van der Waals surface area contributed by atoms with Crippen LogP contribution in [0.1, 0.15) is 42.9 Å². The van der Waals surface area contributed by atoms with Crippen molar-refractivity contribution in [3.63, 3.8) is 0 Å². The lowest BCUT2D eigenvalue weighted by molar-refractivity contribution is -0.137. The first-order chi connectivity index (χ1) is 9.19. The number of benzene rings is 1. The minimum atomic E-state index is -4.42. The molecule has 0 spiro atoms. The number of aliphatic hydroxyl groups is 1. The molecule has 0 heterocycles. The van der Waals surface area contributed by atoms with Gasteiger partial charge in [0, 0.05) is 12.8 Å². The molecule has 1 aliphatic carbocycles. The average molecular weight is 294 g/mol. The van der Waals surface area contributed by atoms with Crippen LogP contribution in [0.5, 0.6) is 0 Å². The molecule has 1 N–H and O–H groups in total. The highest BCUT2D eigenvalue weighted by molar-refractivity contribution is 5.26. The lowest BCUT2D eigenvalue weighted by atomic mass is 9.81. The first-order valence-electron chi connectivity index (χ1n) is 6.42. The molecule has 1 saturated carbocycles. The average Bonchev–Trinajstić information content (AvgIpc) is 2.37. The fraction of sp³-hybridized carbons (Fsp3) is 0.571. The predicted molar refractivity (Wildman–Crippen MR) is 63.3 cm³/mol. The third-order valence-corrected chi connectivity index (χ3v) is 3.79. The normalized spacial score (nSPS) is 21.7. The van der Waals surface area contributed by atoms with Gasteiger partial charge < -0.3 is 5.11 Å². The number of rotatable bonds is 2. The molecule has 6 heteroatoms. The van der Waals surface area contributed by atoms with Gasteiger partial charge >= 0.3 is 6.18 Å². The molecule has 1 nitrogen and oxygen atoms in total. The van der Waals surface area contributed by atoms with Gasteiger partial charge in [0.25, 0.3) is 0 Å². The van der Waals surface area contributed by atoms with Gasteiger partial charge in [-0.2, -0.15) is 13.2 Å². The summed E-state index contributed by atoms with van der Waals surface area (Å²) in [5.41, 5.74) is -0.447. The summed E-state index contributed by atoms with van der Waals surface area (Å²) in [7, 11) is 0. The molecule has 112 valence electrons. The Kier molecular flexibility index (Phi) is 4.04. The van der Waals surface area contributed by atoms with E-state index in [2.05, 4.69) is 0 Å². The quantitative estimate of drug-likeness (QED) is 0.792. The van der Waals surface area contributed by atoms with E-state index in [0.29, 0.717) is 5.56 Å². The van der Waals surface area contributed by atoms with E-state index in [-0.39, 0.29) is 31.6 Å². The Morgan fingerprint density at radius 3 is 2.00 bits per heavy atom. The summed E-state index contributed by atoms with van der Waals surface area (Å²) in [5, 5.41) is 10.1. The van der Waals surface area contributed by atoms with E-state index in [1.165, 1.54) is 12.1 Å². The zero-order chi connectivity index (χ0) is 15.0. The summed E-state index contributed by atoms with van der Waals surface area (Å²) in [6.07, 6.45) is -5.63. The third kappa shape index (κ3) is 3.48. The lowest BCUT2D eigenvalue weighted by Crippen LogP contribution is -2.27. The molecule has 1 aliphatic rings. The Morgan fingerprint density at radius 2 is 1.55 bits per heavy atom. The van der Waals surface area contributed by atoms with Crippen molar-refractivity contribution in [3.05, 3.63) is 35.4 Å². The number of hydrogen-bond donors (Lipinski definition) is 1. The monoisotopic (exact) mass is 294 g/mol. The maximum Gasteiger partial charge on any atom is 0.416 e. The van der Waals surface area contributed by atoms with Crippen LogP contribution in [-0.2, 0) is 6.18 Å². The molecule has 0 amide bonds. The van der Waals surface area contributed by atoms with E-state index in [4.69, 9.17) is 0 Å². The van der Waals surface area contributed by atoms with Crippen molar-refractivity contribution in [1.29, 1.82) is 0 Å². The molecule has 1 fully saturated rings. The molecule has 1 atom stereocenters. The van der Waals surface area contributed by atoms with Crippen molar-refractivity contribution >= 4 is 0 Å². The summed E-state index contributed by atoms with van der Waals surface area (Å²) in [5.74, 6) is -3.01. The second kappa shape index (κ2) is 5.31. The lowest BCUT2D eigenvalue weighted by Gasteiger charge is -2.31. The van der Waals surface area contributed by atoms with Crippen molar-refractivity contribution < 1.29 is 27.1 Å². The summed E-state index contributed by atoms with van der Waals surface area (Å²) in [4.78, 5) is 0.